The van der Waals surface area contributed by atoms with Crippen LogP contribution in [0, 0.1) is 17.4 Å². The molecule has 0 saturated carbocycles. The van der Waals surface area contributed by atoms with Crippen LogP contribution in [-0.2, 0) is 6.42 Å². The molecule has 0 aliphatic heterocycles. The van der Waals surface area contributed by atoms with Gasteiger partial charge in [-0.15, -0.1) is 0 Å². The quantitative estimate of drug-likeness (QED) is 0.726. The van der Waals surface area contributed by atoms with Crippen molar-refractivity contribution in [3.05, 3.63) is 62.5 Å². The molecule has 1 N–H and O–H groups in total. The van der Waals surface area contributed by atoms with Crippen molar-refractivity contribution in [3.8, 4) is 0 Å². The smallest absolute Gasteiger partial charge is 0.0422 e. The standard InChI is InChI=1S/C18H23IN2/c1-4-10-20-17(11-15-9-8-13(2)12-21-15)16-7-5-6-14(3)18(16)19/h5-9,12,17,20H,4,10-11H2,1-3H3. The highest BCUT2D eigenvalue weighted by molar-refractivity contribution is 14.1. The van der Waals surface area contributed by atoms with Crippen molar-refractivity contribution >= 4 is 22.6 Å². The Morgan fingerprint density at radius 1 is 1.19 bits per heavy atom. The molecule has 0 aliphatic rings. The average molecular weight is 394 g/mol. The van der Waals surface area contributed by atoms with Gasteiger partial charge in [-0.3, -0.25) is 4.98 Å². The Hall–Kier alpha value is -0.940. The molecule has 3 heteroatoms. The lowest BCUT2D eigenvalue weighted by Gasteiger charge is -2.21. The van der Waals surface area contributed by atoms with E-state index in [0.717, 1.165) is 25.1 Å². The lowest BCUT2D eigenvalue weighted by atomic mass is 9.99. The van der Waals surface area contributed by atoms with Crippen LogP contribution >= 0.6 is 22.6 Å². The van der Waals surface area contributed by atoms with Gasteiger partial charge in [0, 0.05) is 27.9 Å². The number of aryl methyl sites for hydroxylation is 2. The summed E-state index contributed by atoms with van der Waals surface area (Å²) < 4.78 is 1.36. The summed E-state index contributed by atoms with van der Waals surface area (Å²) in [6, 6.07) is 11.2. The highest BCUT2D eigenvalue weighted by atomic mass is 127. The predicted molar refractivity (Wildman–Crippen MR) is 97.6 cm³/mol. The molecule has 0 amide bonds. The Morgan fingerprint density at radius 3 is 2.67 bits per heavy atom. The Bertz CT molecular complexity index is 578. The summed E-state index contributed by atoms with van der Waals surface area (Å²) in [6.45, 7) is 7.48. The van der Waals surface area contributed by atoms with E-state index in [1.807, 2.05) is 6.20 Å². The minimum absolute atomic E-state index is 0.326. The minimum atomic E-state index is 0.326. The maximum absolute atomic E-state index is 4.56. The third-order valence-electron chi connectivity index (χ3n) is 3.62. The van der Waals surface area contributed by atoms with Crippen molar-refractivity contribution in [2.75, 3.05) is 6.54 Å². The molecule has 2 nitrogen and oxygen atoms in total. The lowest BCUT2D eigenvalue weighted by molar-refractivity contribution is 0.522. The monoisotopic (exact) mass is 394 g/mol. The number of benzene rings is 1. The van der Waals surface area contributed by atoms with Crippen molar-refractivity contribution in [2.24, 2.45) is 0 Å². The topological polar surface area (TPSA) is 24.9 Å². The van der Waals surface area contributed by atoms with Gasteiger partial charge in [0.05, 0.1) is 0 Å². The molecule has 0 saturated heterocycles. The zero-order chi connectivity index (χ0) is 15.2. The second kappa shape index (κ2) is 7.90. The van der Waals surface area contributed by atoms with Gasteiger partial charge in [0.15, 0.2) is 0 Å². The van der Waals surface area contributed by atoms with Crippen LogP contribution in [0.25, 0.3) is 0 Å². The van der Waals surface area contributed by atoms with Crippen LogP contribution in [0.4, 0.5) is 0 Å². The molecule has 0 aliphatic carbocycles. The van der Waals surface area contributed by atoms with Crippen LogP contribution in [-0.4, -0.2) is 11.5 Å². The van der Waals surface area contributed by atoms with Crippen LogP contribution in [0.3, 0.4) is 0 Å². The van der Waals surface area contributed by atoms with Crippen LogP contribution in [0.5, 0.6) is 0 Å². The first-order chi connectivity index (χ1) is 10.1. The number of hydrogen-bond donors (Lipinski definition) is 1. The van der Waals surface area contributed by atoms with Crippen molar-refractivity contribution in [2.45, 2.75) is 39.7 Å². The van der Waals surface area contributed by atoms with Crippen molar-refractivity contribution in [3.63, 3.8) is 0 Å². The van der Waals surface area contributed by atoms with E-state index in [4.69, 9.17) is 0 Å². The van der Waals surface area contributed by atoms with Crippen molar-refractivity contribution in [1.82, 2.24) is 10.3 Å². The average Bonchev–Trinajstić information content (AvgIpc) is 2.48. The predicted octanol–water partition coefficient (Wildman–Crippen LogP) is 4.59. The van der Waals surface area contributed by atoms with Crippen LogP contribution in [0.15, 0.2) is 36.5 Å². The van der Waals surface area contributed by atoms with Gasteiger partial charge in [-0.1, -0.05) is 31.2 Å². The van der Waals surface area contributed by atoms with E-state index >= 15 is 0 Å². The molecule has 0 fully saturated rings. The van der Waals surface area contributed by atoms with Crippen molar-refractivity contribution < 1.29 is 0 Å². The van der Waals surface area contributed by atoms with Crippen molar-refractivity contribution in [1.29, 1.82) is 0 Å². The largest absolute Gasteiger partial charge is 0.310 e. The molecule has 0 spiro atoms. The zero-order valence-electron chi connectivity index (χ0n) is 13.0. The number of hydrogen-bond acceptors (Lipinski definition) is 2. The third-order valence-corrected chi connectivity index (χ3v) is 5.10. The van der Waals surface area contributed by atoms with Gasteiger partial charge in [-0.25, -0.2) is 0 Å². The van der Waals surface area contributed by atoms with Gasteiger partial charge in [0.25, 0.3) is 0 Å². The molecule has 21 heavy (non-hydrogen) atoms. The van der Waals surface area contributed by atoms with E-state index < -0.39 is 0 Å². The summed E-state index contributed by atoms with van der Waals surface area (Å²) in [5.74, 6) is 0. The van der Waals surface area contributed by atoms with E-state index in [-0.39, 0.29) is 0 Å². The summed E-state index contributed by atoms with van der Waals surface area (Å²) in [4.78, 5) is 4.56. The highest BCUT2D eigenvalue weighted by Crippen LogP contribution is 2.25. The lowest BCUT2D eigenvalue weighted by Crippen LogP contribution is -2.25. The van der Waals surface area contributed by atoms with Gasteiger partial charge in [0.2, 0.25) is 0 Å². The maximum atomic E-state index is 4.56. The first-order valence-corrected chi connectivity index (χ1v) is 8.59. The summed E-state index contributed by atoms with van der Waals surface area (Å²) in [6.07, 6.45) is 4.02. The number of nitrogens with zero attached hydrogens (tertiary/aromatic N) is 1. The Balaban J connectivity index is 2.25. The third kappa shape index (κ3) is 4.51. The molecule has 1 heterocycles. The van der Waals surface area contributed by atoms with Crippen LogP contribution in [0.1, 0.15) is 41.8 Å². The second-order valence-electron chi connectivity index (χ2n) is 5.52. The molecule has 0 bridgehead atoms. The Labute approximate surface area is 141 Å². The minimum Gasteiger partial charge on any atom is -0.310 e. The molecule has 1 unspecified atom stereocenters. The maximum Gasteiger partial charge on any atom is 0.0422 e. The summed E-state index contributed by atoms with van der Waals surface area (Å²) in [5, 5.41) is 3.67. The number of pyridine rings is 1. The fourth-order valence-corrected chi connectivity index (χ4v) is 3.11. The Morgan fingerprint density at radius 2 is 2.00 bits per heavy atom. The van der Waals surface area contributed by atoms with Gasteiger partial charge < -0.3 is 5.32 Å². The molecular formula is C18H23IN2. The van der Waals surface area contributed by atoms with E-state index in [9.17, 15) is 0 Å². The SMILES string of the molecule is CCCNC(Cc1ccc(C)cn1)c1cccc(C)c1I. The van der Waals surface area contributed by atoms with Gasteiger partial charge in [-0.2, -0.15) is 0 Å². The van der Waals surface area contributed by atoms with Gasteiger partial charge >= 0.3 is 0 Å². The molecule has 1 atom stereocenters. The summed E-state index contributed by atoms with van der Waals surface area (Å²) in [7, 11) is 0. The molecule has 112 valence electrons. The number of nitrogens with one attached hydrogen (secondary N) is 1. The second-order valence-corrected chi connectivity index (χ2v) is 6.59. The summed E-state index contributed by atoms with van der Waals surface area (Å²) in [5.41, 5.74) is 5.08. The fraction of sp³-hybridized carbons (Fsp3) is 0.389. The highest BCUT2D eigenvalue weighted by Gasteiger charge is 2.16. The normalized spacial score (nSPS) is 12.4. The first-order valence-electron chi connectivity index (χ1n) is 7.51. The van der Waals surface area contributed by atoms with Gasteiger partial charge in [-0.05, 0) is 72.2 Å². The van der Waals surface area contributed by atoms with Gasteiger partial charge in [0.1, 0.15) is 0 Å². The molecular weight excluding hydrogens is 371 g/mol. The van der Waals surface area contributed by atoms with E-state index in [1.165, 1.54) is 20.3 Å². The van der Waals surface area contributed by atoms with E-state index in [2.05, 4.69) is 84.0 Å². The molecule has 2 rings (SSSR count). The number of halogens is 1. The molecule has 1 aromatic heterocycles. The van der Waals surface area contributed by atoms with E-state index in [0.29, 0.717) is 6.04 Å². The Kier molecular flexibility index (Phi) is 6.18. The molecule has 0 radical (unpaired) electrons. The van der Waals surface area contributed by atoms with E-state index in [1.54, 1.807) is 0 Å². The zero-order valence-corrected chi connectivity index (χ0v) is 15.1. The molecule has 1 aromatic carbocycles. The first kappa shape index (κ1) is 16.4. The number of rotatable bonds is 6. The van der Waals surface area contributed by atoms with Crippen LogP contribution in [0.2, 0.25) is 0 Å². The summed E-state index contributed by atoms with van der Waals surface area (Å²) >= 11 is 2.46. The fourth-order valence-electron chi connectivity index (χ4n) is 2.38. The number of aromatic nitrogens is 1. The van der Waals surface area contributed by atoms with Crippen LogP contribution < -0.4 is 5.32 Å². The molecule has 2 aromatic rings.